The summed E-state index contributed by atoms with van der Waals surface area (Å²) in [6.45, 7) is 4.04. The van der Waals surface area contributed by atoms with Gasteiger partial charge in [-0.05, 0) is 49.9 Å². The highest BCUT2D eigenvalue weighted by Crippen LogP contribution is 2.56. The summed E-state index contributed by atoms with van der Waals surface area (Å²) in [5, 5.41) is 10.6. The van der Waals surface area contributed by atoms with Gasteiger partial charge in [-0.3, -0.25) is 4.90 Å². The molecule has 5 aliphatic rings. The predicted octanol–water partition coefficient (Wildman–Crippen LogP) is 1.68. The first-order valence-electron chi connectivity index (χ1n) is 7.28. The van der Waals surface area contributed by atoms with Gasteiger partial charge in [-0.2, -0.15) is 0 Å². The van der Waals surface area contributed by atoms with E-state index in [9.17, 15) is 5.11 Å². The summed E-state index contributed by atoms with van der Waals surface area (Å²) in [7, 11) is 0. The second-order valence-corrected chi connectivity index (χ2v) is 6.83. The van der Waals surface area contributed by atoms with Gasteiger partial charge in [-0.15, -0.1) is 12.4 Å². The van der Waals surface area contributed by atoms with Gasteiger partial charge < -0.3 is 9.84 Å². The summed E-state index contributed by atoms with van der Waals surface area (Å²) in [5.74, 6) is 2.36. The molecular formula is C14H24ClNO2. The Labute approximate surface area is 115 Å². The van der Waals surface area contributed by atoms with Gasteiger partial charge >= 0.3 is 0 Å². The first-order chi connectivity index (χ1) is 8.23. The highest BCUT2D eigenvalue weighted by Gasteiger charge is 2.55. The van der Waals surface area contributed by atoms with Crippen molar-refractivity contribution in [1.82, 2.24) is 4.90 Å². The van der Waals surface area contributed by atoms with Crippen LogP contribution in [0, 0.1) is 17.8 Å². The average molecular weight is 274 g/mol. The van der Waals surface area contributed by atoms with Crippen LogP contribution >= 0.6 is 12.4 Å². The maximum Gasteiger partial charge on any atom is 0.0657 e. The van der Waals surface area contributed by atoms with E-state index in [0.717, 1.165) is 69.4 Å². The van der Waals surface area contributed by atoms with E-state index in [-0.39, 0.29) is 18.0 Å². The fraction of sp³-hybridized carbons (Fsp3) is 1.00. The van der Waals surface area contributed by atoms with E-state index in [1.165, 1.54) is 12.8 Å². The molecule has 4 heteroatoms. The summed E-state index contributed by atoms with van der Waals surface area (Å²) >= 11 is 0. The van der Waals surface area contributed by atoms with Crippen molar-refractivity contribution in [2.45, 2.75) is 43.7 Å². The summed E-state index contributed by atoms with van der Waals surface area (Å²) in [6, 6.07) is 0.760. The summed E-state index contributed by atoms with van der Waals surface area (Å²) < 4.78 is 5.47. The van der Waals surface area contributed by atoms with Crippen LogP contribution < -0.4 is 0 Å². The van der Waals surface area contributed by atoms with Crippen molar-refractivity contribution in [1.29, 1.82) is 0 Å². The Hall–Kier alpha value is 0.170. The zero-order chi connectivity index (χ0) is 11.5. The summed E-state index contributed by atoms with van der Waals surface area (Å²) in [4.78, 5) is 2.67. The number of hydrogen-bond donors (Lipinski definition) is 1. The minimum atomic E-state index is -0.278. The number of hydrogen-bond acceptors (Lipinski definition) is 3. The van der Waals surface area contributed by atoms with Crippen LogP contribution in [-0.4, -0.2) is 48.0 Å². The fourth-order valence-corrected chi connectivity index (χ4v) is 5.43. The van der Waals surface area contributed by atoms with E-state index < -0.39 is 0 Å². The highest BCUT2D eigenvalue weighted by molar-refractivity contribution is 5.85. The smallest absolute Gasteiger partial charge is 0.0657 e. The second-order valence-electron chi connectivity index (χ2n) is 6.83. The Balaban J connectivity index is 0.000001000. The Morgan fingerprint density at radius 3 is 2.17 bits per heavy atom. The van der Waals surface area contributed by atoms with Crippen molar-refractivity contribution in [2.75, 3.05) is 26.3 Å². The van der Waals surface area contributed by atoms with Crippen LogP contribution in [0.5, 0.6) is 0 Å². The first-order valence-corrected chi connectivity index (χ1v) is 7.28. The summed E-state index contributed by atoms with van der Waals surface area (Å²) in [6.07, 6.45) is 5.99. The average Bonchev–Trinajstić information content (AvgIpc) is 2.27. The van der Waals surface area contributed by atoms with Gasteiger partial charge in [0.2, 0.25) is 0 Å². The molecule has 3 unspecified atom stereocenters. The van der Waals surface area contributed by atoms with Crippen LogP contribution in [0.4, 0.5) is 0 Å². The van der Waals surface area contributed by atoms with Crippen LogP contribution in [0.2, 0.25) is 0 Å². The quantitative estimate of drug-likeness (QED) is 0.789. The molecule has 104 valence electrons. The molecule has 5 fully saturated rings. The molecule has 18 heavy (non-hydrogen) atoms. The molecule has 0 aromatic heterocycles. The molecule has 1 heterocycles. The minimum absolute atomic E-state index is 0. The molecule has 4 saturated carbocycles. The Morgan fingerprint density at radius 1 is 1.00 bits per heavy atom. The maximum absolute atomic E-state index is 10.6. The predicted molar refractivity (Wildman–Crippen MR) is 71.9 cm³/mol. The third-order valence-electron chi connectivity index (χ3n) is 5.66. The van der Waals surface area contributed by atoms with Crippen molar-refractivity contribution in [3.63, 3.8) is 0 Å². The van der Waals surface area contributed by atoms with E-state index in [2.05, 4.69) is 4.90 Å². The van der Waals surface area contributed by atoms with E-state index in [1.54, 1.807) is 0 Å². The van der Waals surface area contributed by atoms with Gasteiger partial charge in [0.15, 0.2) is 0 Å². The maximum atomic E-state index is 10.6. The van der Waals surface area contributed by atoms with Gasteiger partial charge in [-0.25, -0.2) is 0 Å². The lowest BCUT2D eigenvalue weighted by Crippen LogP contribution is -2.63. The normalized spacial score (nSPS) is 51.2. The van der Waals surface area contributed by atoms with E-state index in [0.29, 0.717) is 0 Å². The molecule has 5 rings (SSSR count). The van der Waals surface area contributed by atoms with Crippen LogP contribution in [0.1, 0.15) is 32.1 Å². The van der Waals surface area contributed by atoms with Crippen LogP contribution in [0.3, 0.4) is 0 Å². The Kier molecular flexibility index (Phi) is 3.38. The fourth-order valence-electron chi connectivity index (χ4n) is 5.43. The van der Waals surface area contributed by atoms with Crippen molar-refractivity contribution in [3.05, 3.63) is 0 Å². The molecule has 1 saturated heterocycles. The van der Waals surface area contributed by atoms with Crippen molar-refractivity contribution < 1.29 is 9.84 Å². The van der Waals surface area contributed by atoms with Crippen LogP contribution in [0.25, 0.3) is 0 Å². The van der Waals surface area contributed by atoms with Gasteiger partial charge in [0.1, 0.15) is 0 Å². The van der Waals surface area contributed by atoms with Crippen molar-refractivity contribution in [3.8, 4) is 0 Å². The molecule has 3 nitrogen and oxygen atoms in total. The van der Waals surface area contributed by atoms with Crippen molar-refractivity contribution >= 4 is 12.4 Å². The van der Waals surface area contributed by atoms with Gasteiger partial charge in [0.25, 0.3) is 0 Å². The van der Waals surface area contributed by atoms with E-state index in [4.69, 9.17) is 4.74 Å². The van der Waals surface area contributed by atoms with Gasteiger partial charge in [0.05, 0.1) is 18.8 Å². The van der Waals surface area contributed by atoms with Gasteiger partial charge in [-0.1, -0.05) is 0 Å². The molecule has 4 aliphatic carbocycles. The molecule has 1 aliphatic heterocycles. The Bertz CT molecular complexity index is 303. The molecule has 1 N–H and O–H groups in total. The number of morpholine rings is 1. The SMILES string of the molecule is Cl.OC12CC3C[C@H](C1)C(N1CCOCC1)[C@@H](C3)C2. The second kappa shape index (κ2) is 4.62. The molecule has 5 atom stereocenters. The van der Waals surface area contributed by atoms with Crippen LogP contribution in [0.15, 0.2) is 0 Å². The third-order valence-corrected chi connectivity index (χ3v) is 5.66. The number of aliphatic hydroxyl groups is 1. The standard InChI is InChI=1S/C14H23NO2.ClH/c16-14-7-10-5-11(8-14)13(12(6-10)9-14)15-1-3-17-4-2-15;/h10-13,16H,1-9H2;1H/t10?,11-,12+,13?,14?;. The lowest BCUT2D eigenvalue weighted by atomic mass is 9.52. The lowest BCUT2D eigenvalue weighted by molar-refractivity contribution is -0.167. The topological polar surface area (TPSA) is 32.7 Å². The molecule has 0 amide bonds. The monoisotopic (exact) mass is 273 g/mol. The first kappa shape index (κ1) is 13.2. The van der Waals surface area contributed by atoms with E-state index in [1.807, 2.05) is 0 Å². The lowest BCUT2D eigenvalue weighted by Gasteiger charge is -2.60. The molecule has 0 aromatic rings. The molecular weight excluding hydrogens is 250 g/mol. The molecule has 0 radical (unpaired) electrons. The number of rotatable bonds is 1. The highest BCUT2D eigenvalue weighted by atomic mass is 35.5. The van der Waals surface area contributed by atoms with Crippen molar-refractivity contribution in [2.24, 2.45) is 17.8 Å². The van der Waals surface area contributed by atoms with Gasteiger partial charge in [0, 0.05) is 19.1 Å². The zero-order valence-electron chi connectivity index (χ0n) is 10.9. The van der Waals surface area contributed by atoms with Crippen LogP contribution in [-0.2, 0) is 4.74 Å². The largest absolute Gasteiger partial charge is 0.390 e. The molecule has 4 bridgehead atoms. The molecule has 0 spiro atoms. The minimum Gasteiger partial charge on any atom is -0.390 e. The Morgan fingerprint density at radius 2 is 1.61 bits per heavy atom. The number of halogens is 1. The number of nitrogens with zero attached hydrogens (tertiary/aromatic N) is 1. The third kappa shape index (κ3) is 2.00. The molecule has 0 aromatic carbocycles. The van der Waals surface area contributed by atoms with E-state index >= 15 is 0 Å². The number of ether oxygens (including phenoxy) is 1. The zero-order valence-corrected chi connectivity index (χ0v) is 11.7. The summed E-state index contributed by atoms with van der Waals surface area (Å²) in [5.41, 5.74) is -0.278.